The van der Waals surface area contributed by atoms with Crippen molar-refractivity contribution in [1.82, 2.24) is 9.97 Å². The first-order chi connectivity index (χ1) is 12.1. The van der Waals surface area contributed by atoms with Gasteiger partial charge in [-0.15, -0.1) is 0 Å². The van der Waals surface area contributed by atoms with Crippen molar-refractivity contribution in [2.45, 2.75) is 17.9 Å². The Morgan fingerprint density at radius 2 is 1.68 bits per heavy atom. The molecule has 3 rings (SSSR count). The Labute approximate surface area is 151 Å². The second-order valence-corrected chi connectivity index (χ2v) is 7.33. The third-order valence-corrected chi connectivity index (χ3v) is 4.90. The van der Waals surface area contributed by atoms with Gasteiger partial charge in [0.2, 0.25) is 0 Å². The summed E-state index contributed by atoms with van der Waals surface area (Å²) in [5.41, 5.74) is 2.35. The maximum atomic E-state index is 11.5. The summed E-state index contributed by atoms with van der Waals surface area (Å²) in [7, 11) is 1.07. The Hall–Kier alpha value is -2.53. The molecule has 0 N–H and O–H groups in total. The van der Waals surface area contributed by atoms with Gasteiger partial charge in [0, 0.05) is 48.2 Å². The van der Waals surface area contributed by atoms with Crippen LogP contribution in [0.2, 0.25) is 0 Å². The highest BCUT2D eigenvalue weighted by Crippen LogP contribution is 2.15. The molecule has 1 aromatic heterocycles. The summed E-state index contributed by atoms with van der Waals surface area (Å²) in [4.78, 5) is 12.0. The molecule has 1 atom stereocenters. The minimum Gasteiger partial charge on any atom is -0.355 e. The van der Waals surface area contributed by atoms with Gasteiger partial charge in [0.1, 0.15) is 11.6 Å². The molecule has 0 saturated heterocycles. The lowest BCUT2D eigenvalue weighted by Crippen LogP contribution is -2.18. The fourth-order valence-electron chi connectivity index (χ4n) is 2.61. The lowest BCUT2D eigenvalue weighted by atomic mass is 10.1. The van der Waals surface area contributed by atoms with E-state index in [1.54, 1.807) is 12.5 Å². The van der Waals surface area contributed by atoms with Gasteiger partial charge in [0.05, 0.1) is 0 Å². The molecule has 5 heteroatoms. The van der Waals surface area contributed by atoms with Gasteiger partial charge in [-0.05, 0) is 29.3 Å². The molecule has 0 saturated carbocycles. The first-order valence-electron chi connectivity index (χ1n) is 8.11. The molecule has 0 aliphatic heterocycles. The molecule has 1 unspecified atom stereocenters. The number of aromatic nitrogens is 2. The van der Waals surface area contributed by atoms with Crippen molar-refractivity contribution in [2.75, 3.05) is 18.2 Å². The average molecular weight is 351 g/mol. The van der Waals surface area contributed by atoms with E-state index in [-0.39, 0.29) is 0 Å². The Morgan fingerprint density at radius 3 is 2.36 bits per heavy atom. The highest BCUT2D eigenvalue weighted by molar-refractivity contribution is 7.84. The summed E-state index contributed by atoms with van der Waals surface area (Å²) in [6.07, 6.45) is 4.22. The van der Waals surface area contributed by atoms with Crippen molar-refractivity contribution < 1.29 is 4.21 Å². The van der Waals surface area contributed by atoms with E-state index >= 15 is 0 Å². The minimum absolute atomic E-state index is 0.722. The molecular weight excluding hydrogens is 330 g/mol. The van der Waals surface area contributed by atoms with E-state index in [2.05, 4.69) is 27.0 Å². The van der Waals surface area contributed by atoms with Crippen LogP contribution in [0.5, 0.6) is 0 Å². The molecule has 0 spiro atoms. The van der Waals surface area contributed by atoms with Crippen LogP contribution in [0.1, 0.15) is 17.0 Å². The van der Waals surface area contributed by atoms with E-state index in [0.717, 1.165) is 35.1 Å². The molecule has 0 amide bonds. The van der Waals surface area contributed by atoms with Crippen LogP contribution < -0.4 is 4.90 Å². The predicted molar refractivity (Wildman–Crippen MR) is 102 cm³/mol. The lowest BCUT2D eigenvalue weighted by Gasteiger charge is -2.18. The summed E-state index contributed by atoms with van der Waals surface area (Å²) in [5, 5.41) is 0. The van der Waals surface area contributed by atoms with E-state index in [1.807, 2.05) is 55.6 Å². The number of nitrogens with zero attached hydrogens (tertiary/aromatic N) is 3. The Balaban J connectivity index is 1.70. The summed E-state index contributed by atoms with van der Waals surface area (Å²) >= 11 is 0. The van der Waals surface area contributed by atoms with Gasteiger partial charge in [0.15, 0.2) is 0 Å². The maximum Gasteiger partial charge on any atom is 0.135 e. The molecule has 0 aliphatic rings. The van der Waals surface area contributed by atoms with Gasteiger partial charge >= 0.3 is 0 Å². The zero-order valence-electron chi connectivity index (χ0n) is 14.4. The van der Waals surface area contributed by atoms with E-state index in [1.165, 1.54) is 5.56 Å². The number of anilines is 1. The van der Waals surface area contributed by atoms with Crippen LogP contribution in [-0.2, 0) is 23.8 Å². The fraction of sp³-hybridized carbons (Fsp3) is 0.200. The third kappa shape index (κ3) is 4.73. The van der Waals surface area contributed by atoms with E-state index in [4.69, 9.17) is 0 Å². The van der Waals surface area contributed by atoms with Gasteiger partial charge in [0.25, 0.3) is 0 Å². The van der Waals surface area contributed by atoms with Crippen molar-refractivity contribution in [3.05, 3.63) is 83.8 Å². The van der Waals surface area contributed by atoms with E-state index in [9.17, 15) is 4.21 Å². The molecule has 4 nitrogen and oxygen atoms in total. The topological polar surface area (TPSA) is 46.1 Å². The third-order valence-electron chi connectivity index (χ3n) is 3.96. The average Bonchev–Trinajstić information content (AvgIpc) is 2.63. The van der Waals surface area contributed by atoms with Crippen LogP contribution in [0, 0.1) is 0 Å². The maximum absolute atomic E-state index is 11.5. The van der Waals surface area contributed by atoms with Crippen molar-refractivity contribution in [2.24, 2.45) is 0 Å². The summed E-state index contributed by atoms with van der Waals surface area (Å²) in [6, 6.07) is 20.0. The molecule has 1 heterocycles. The van der Waals surface area contributed by atoms with Crippen molar-refractivity contribution in [3.8, 4) is 0 Å². The standard InChI is InChI=1S/C20H21N3OS/c1-23(15-17-8-10-18(11-9-17)25(2)24)20-12-13-21-19(22-20)14-16-6-4-3-5-7-16/h3-13H,14-15H2,1-2H3. The van der Waals surface area contributed by atoms with Gasteiger partial charge in [-0.3, -0.25) is 4.21 Å². The van der Waals surface area contributed by atoms with Crippen LogP contribution in [-0.4, -0.2) is 27.5 Å². The molecule has 0 radical (unpaired) electrons. The van der Waals surface area contributed by atoms with Crippen LogP contribution >= 0.6 is 0 Å². The number of rotatable bonds is 6. The SMILES string of the molecule is CN(Cc1ccc(S(C)=O)cc1)c1ccnc(Cc2ccccc2)n1. The van der Waals surface area contributed by atoms with Crippen LogP contribution in [0.3, 0.4) is 0 Å². The van der Waals surface area contributed by atoms with Gasteiger partial charge in [-0.1, -0.05) is 42.5 Å². The van der Waals surface area contributed by atoms with Crippen LogP contribution in [0.25, 0.3) is 0 Å². The normalized spacial score (nSPS) is 11.9. The lowest BCUT2D eigenvalue weighted by molar-refractivity contribution is 0.686. The van der Waals surface area contributed by atoms with E-state index < -0.39 is 10.8 Å². The Bertz CT molecular complexity index is 850. The molecule has 3 aromatic rings. The second kappa shape index (κ2) is 8.03. The predicted octanol–water partition coefficient (Wildman–Crippen LogP) is 3.44. The van der Waals surface area contributed by atoms with Crippen molar-refractivity contribution >= 4 is 16.6 Å². The molecule has 0 aliphatic carbocycles. The van der Waals surface area contributed by atoms with Gasteiger partial charge in [-0.25, -0.2) is 9.97 Å². The monoisotopic (exact) mass is 351 g/mol. The minimum atomic E-state index is -0.943. The quantitative estimate of drug-likeness (QED) is 0.682. The number of hydrogen-bond donors (Lipinski definition) is 0. The number of benzene rings is 2. The molecule has 25 heavy (non-hydrogen) atoms. The molecule has 0 fully saturated rings. The fourth-order valence-corrected chi connectivity index (χ4v) is 3.13. The van der Waals surface area contributed by atoms with Gasteiger partial charge < -0.3 is 4.90 Å². The highest BCUT2D eigenvalue weighted by Gasteiger charge is 2.07. The molecule has 128 valence electrons. The van der Waals surface area contributed by atoms with Crippen LogP contribution in [0.4, 0.5) is 5.82 Å². The van der Waals surface area contributed by atoms with Crippen molar-refractivity contribution in [3.63, 3.8) is 0 Å². The zero-order chi connectivity index (χ0) is 17.6. The first-order valence-corrected chi connectivity index (χ1v) is 9.67. The first kappa shape index (κ1) is 17.3. The zero-order valence-corrected chi connectivity index (χ0v) is 15.2. The number of hydrogen-bond acceptors (Lipinski definition) is 4. The summed E-state index contributed by atoms with van der Waals surface area (Å²) in [6.45, 7) is 0.735. The summed E-state index contributed by atoms with van der Waals surface area (Å²) < 4.78 is 11.5. The second-order valence-electron chi connectivity index (χ2n) is 5.95. The molecular formula is C20H21N3OS. The Kier molecular flexibility index (Phi) is 5.56. The largest absolute Gasteiger partial charge is 0.355 e. The van der Waals surface area contributed by atoms with Crippen LogP contribution in [0.15, 0.2) is 71.8 Å². The van der Waals surface area contributed by atoms with E-state index in [0.29, 0.717) is 0 Å². The molecule has 2 aromatic carbocycles. The smallest absolute Gasteiger partial charge is 0.135 e. The Morgan fingerprint density at radius 1 is 0.960 bits per heavy atom. The summed E-state index contributed by atoms with van der Waals surface area (Å²) in [5.74, 6) is 1.70. The van der Waals surface area contributed by atoms with Crippen molar-refractivity contribution in [1.29, 1.82) is 0 Å². The highest BCUT2D eigenvalue weighted by atomic mass is 32.2. The molecule has 0 bridgehead atoms. The van der Waals surface area contributed by atoms with Gasteiger partial charge in [-0.2, -0.15) is 0 Å².